The standard InChI is InChI=1S/C13H11N3O6S.C13H10N2O4S/c14-23(21,22)8-3-1-2-6-10(8)13(20)16(12(6)19)7-4-5-9(17)15-11(7)18;16-9-5-4-7(11(17)14-9)15-12(18)6-2-1-3-8(20)10(6)13(15)19/h1-3,7H,4-5H2,(H2,14,21,22)(H,15,17,18);1-3,7,20H,4-5H2,(H,14,16,17). The summed E-state index contributed by atoms with van der Waals surface area (Å²) in [5, 5.41) is 9.27. The molecule has 6 rings (SSSR count). The first-order valence-corrected chi connectivity index (χ1v) is 14.6. The van der Waals surface area contributed by atoms with Crippen molar-refractivity contribution in [3.8, 4) is 0 Å². The van der Waals surface area contributed by atoms with Crippen molar-refractivity contribution in [2.24, 2.45) is 5.14 Å². The van der Waals surface area contributed by atoms with Crippen LogP contribution in [0.5, 0.6) is 0 Å². The molecule has 2 unspecified atom stereocenters. The fourth-order valence-corrected chi connectivity index (χ4v) is 6.27. The van der Waals surface area contributed by atoms with Crippen LogP contribution in [0.25, 0.3) is 0 Å². The van der Waals surface area contributed by atoms with Crippen LogP contribution in [0.2, 0.25) is 0 Å². The van der Waals surface area contributed by atoms with Gasteiger partial charge in [-0.15, -0.1) is 12.6 Å². The molecule has 43 heavy (non-hydrogen) atoms. The Bertz CT molecular complexity index is 1800. The molecular formula is C26H21N5O10S2. The minimum Gasteiger partial charge on any atom is -0.295 e. The van der Waals surface area contributed by atoms with Gasteiger partial charge in [-0.2, -0.15) is 0 Å². The molecule has 4 heterocycles. The monoisotopic (exact) mass is 627 g/mol. The van der Waals surface area contributed by atoms with E-state index in [2.05, 4.69) is 23.3 Å². The number of benzene rings is 2. The van der Waals surface area contributed by atoms with E-state index in [1.807, 2.05) is 0 Å². The number of hydrogen-bond donors (Lipinski definition) is 4. The van der Waals surface area contributed by atoms with E-state index >= 15 is 0 Å². The Hall–Kier alpha value is -4.74. The van der Waals surface area contributed by atoms with E-state index in [1.165, 1.54) is 18.2 Å². The lowest BCUT2D eigenvalue weighted by atomic mass is 10.0. The predicted octanol–water partition coefficient (Wildman–Crippen LogP) is -0.888. The van der Waals surface area contributed by atoms with Crippen LogP contribution in [-0.4, -0.2) is 77.6 Å². The van der Waals surface area contributed by atoms with Crippen LogP contribution in [0, 0.1) is 0 Å². The smallest absolute Gasteiger partial charge is 0.263 e. The fraction of sp³-hybridized carbons (Fsp3) is 0.231. The number of thiol groups is 1. The molecule has 222 valence electrons. The van der Waals surface area contributed by atoms with Gasteiger partial charge < -0.3 is 0 Å². The molecule has 0 saturated carbocycles. The summed E-state index contributed by atoms with van der Waals surface area (Å²) >= 11 is 4.17. The van der Waals surface area contributed by atoms with Crippen molar-refractivity contribution in [3.63, 3.8) is 0 Å². The Morgan fingerprint density at radius 2 is 1.12 bits per heavy atom. The van der Waals surface area contributed by atoms with E-state index in [1.54, 1.807) is 12.1 Å². The molecule has 4 aliphatic heterocycles. The molecule has 0 spiro atoms. The van der Waals surface area contributed by atoms with Crippen LogP contribution >= 0.6 is 12.6 Å². The molecule has 2 saturated heterocycles. The largest absolute Gasteiger partial charge is 0.295 e. The third kappa shape index (κ3) is 5.10. The number of nitrogens with zero attached hydrogens (tertiary/aromatic N) is 2. The highest BCUT2D eigenvalue weighted by Gasteiger charge is 2.47. The second-order valence-electron chi connectivity index (χ2n) is 9.82. The Morgan fingerprint density at radius 3 is 1.56 bits per heavy atom. The van der Waals surface area contributed by atoms with Gasteiger partial charge in [0.25, 0.3) is 23.6 Å². The summed E-state index contributed by atoms with van der Waals surface area (Å²) in [6.07, 6.45) is 0.224. The van der Waals surface area contributed by atoms with Gasteiger partial charge in [-0.1, -0.05) is 12.1 Å². The topological polar surface area (TPSA) is 227 Å². The van der Waals surface area contributed by atoms with Crippen molar-refractivity contribution in [1.29, 1.82) is 0 Å². The van der Waals surface area contributed by atoms with Crippen molar-refractivity contribution < 1.29 is 46.8 Å². The number of piperidine rings is 2. The highest BCUT2D eigenvalue weighted by atomic mass is 32.2. The number of primary sulfonamides is 1. The first kappa shape index (κ1) is 29.7. The number of nitrogens with one attached hydrogen (secondary N) is 2. The quantitative estimate of drug-likeness (QED) is 0.242. The number of sulfonamides is 1. The molecule has 8 amide bonds. The van der Waals surface area contributed by atoms with Gasteiger partial charge >= 0.3 is 0 Å². The van der Waals surface area contributed by atoms with Gasteiger partial charge in [0, 0.05) is 17.7 Å². The number of carbonyl (C=O) groups is 8. The first-order valence-electron chi connectivity index (χ1n) is 12.6. The Balaban J connectivity index is 0.000000173. The van der Waals surface area contributed by atoms with Crippen LogP contribution in [0.3, 0.4) is 0 Å². The number of imide groups is 4. The molecule has 0 aromatic heterocycles. The Kier molecular flexibility index (Phi) is 7.49. The summed E-state index contributed by atoms with van der Waals surface area (Å²) in [6.45, 7) is 0. The van der Waals surface area contributed by atoms with Gasteiger partial charge in [0.15, 0.2) is 0 Å². The van der Waals surface area contributed by atoms with Crippen LogP contribution in [0.1, 0.15) is 67.1 Å². The van der Waals surface area contributed by atoms with Crippen molar-refractivity contribution in [2.75, 3.05) is 0 Å². The zero-order valence-corrected chi connectivity index (χ0v) is 23.6. The maximum atomic E-state index is 12.5. The van der Waals surface area contributed by atoms with Gasteiger partial charge in [-0.3, -0.25) is 58.8 Å². The van der Waals surface area contributed by atoms with Crippen LogP contribution in [0.4, 0.5) is 0 Å². The number of nitrogens with two attached hydrogens (primary N) is 1. The summed E-state index contributed by atoms with van der Waals surface area (Å²) in [7, 11) is -4.22. The van der Waals surface area contributed by atoms with E-state index in [0.717, 1.165) is 11.0 Å². The van der Waals surface area contributed by atoms with E-state index < -0.39 is 74.3 Å². The normalized spacial score (nSPS) is 21.7. The summed E-state index contributed by atoms with van der Waals surface area (Å²) in [6, 6.07) is 6.37. The fourth-order valence-electron chi connectivity index (χ4n) is 5.22. The Morgan fingerprint density at radius 1 is 0.674 bits per heavy atom. The van der Waals surface area contributed by atoms with Crippen molar-refractivity contribution in [2.45, 2.75) is 47.6 Å². The summed E-state index contributed by atoms with van der Waals surface area (Å²) < 4.78 is 23.2. The lowest BCUT2D eigenvalue weighted by molar-refractivity contribution is -0.137. The molecule has 2 aromatic rings. The minimum absolute atomic E-state index is 0.0131. The molecule has 4 aliphatic rings. The van der Waals surface area contributed by atoms with Gasteiger partial charge in [-0.25, -0.2) is 13.6 Å². The summed E-state index contributed by atoms with van der Waals surface area (Å²) in [5.74, 6) is -5.02. The van der Waals surface area contributed by atoms with E-state index in [-0.39, 0.29) is 47.9 Å². The Labute approximate surface area is 248 Å². The number of hydrogen-bond acceptors (Lipinski definition) is 11. The van der Waals surface area contributed by atoms with Gasteiger partial charge in [0.05, 0.1) is 27.1 Å². The molecule has 15 nitrogen and oxygen atoms in total. The molecule has 0 bridgehead atoms. The van der Waals surface area contributed by atoms with Crippen molar-refractivity contribution in [1.82, 2.24) is 20.4 Å². The number of carbonyl (C=O) groups excluding carboxylic acids is 8. The summed E-state index contributed by atoms with van der Waals surface area (Å²) in [5.41, 5.74) is -0.0198. The molecule has 4 N–H and O–H groups in total. The van der Waals surface area contributed by atoms with Crippen LogP contribution < -0.4 is 15.8 Å². The molecule has 2 fully saturated rings. The third-order valence-electron chi connectivity index (χ3n) is 7.18. The highest BCUT2D eigenvalue weighted by Crippen LogP contribution is 2.32. The minimum atomic E-state index is -4.22. The van der Waals surface area contributed by atoms with Crippen molar-refractivity contribution >= 4 is 69.9 Å². The van der Waals surface area contributed by atoms with E-state index in [9.17, 15) is 46.8 Å². The SMILES string of the molecule is NS(=O)(=O)c1cccc2c1C(=O)N(C1CCC(=O)NC1=O)C2=O.O=C1CCC(N2C(=O)c3cccc(S)c3C2=O)C(=O)N1. The number of fused-ring (bicyclic) bond motifs is 2. The average Bonchev–Trinajstić information content (AvgIpc) is 3.34. The lowest BCUT2D eigenvalue weighted by Crippen LogP contribution is -2.54. The number of rotatable bonds is 3. The molecule has 0 aliphatic carbocycles. The lowest BCUT2D eigenvalue weighted by Gasteiger charge is -2.27. The molecule has 2 aromatic carbocycles. The maximum absolute atomic E-state index is 12.5. The predicted molar refractivity (Wildman–Crippen MR) is 145 cm³/mol. The van der Waals surface area contributed by atoms with E-state index in [0.29, 0.717) is 9.80 Å². The molecule has 17 heteroatoms. The second kappa shape index (κ2) is 10.8. The summed E-state index contributed by atoms with van der Waals surface area (Å²) in [4.78, 5) is 97.1. The van der Waals surface area contributed by atoms with Crippen LogP contribution in [-0.2, 0) is 29.2 Å². The maximum Gasteiger partial charge on any atom is 0.263 e. The third-order valence-corrected chi connectivity index (χ3v) is 8.51. The zero-order valence-electron chi connectivity index (χ0n) is 21.9. The molecule has 0 radical (unpaired) electrons. The average molecular weight is 628 g/mol. The number of amides is 8. The van der Waals surface area contributed by atoms with Gasteiger partial charge in [0.2, 0.25) is 33.7 Å². The molecule has 2 atom stereocenters. The van der Waals surface area contributed by atoms with Gasteiger partial charge in [0.1, 0.15) is 12.1 Å². The highest BCUT2D eigenvalue weighted by molar-refractivity contribution is 7.89. The van der Waals surface area contributed by atoms with E-state index in [4.69, 9.17) is 5.14 Å². The molecular weight excluding hydrogens is 606 g/mol. The van der Waals surface area contributed by atoms with Crippen LogP contribution in [0.15, 0.2) is 46.2 Å². The first-order chi connectivity index (χ1) is 20.2. The van der Waals surface area contributed by atoms with Crippen molar-refractivity contribution in [3.05, 3.63) is 58.7 Å². The zero-order chi connectivity index (χ0) is 31.4. The van der Waals surface area contributed by atoms with Gasteiger partial charge in [-0.05, 0) is 37.1 Å². The second-order valence-corrected chi connectivity index (χ2v) is 11.8.